The van der Waals surface area contributed by atoms with E-state index < -0.39 is 0 Å². The lowest BCUT2D eigenvalue weighted by Crippen LogP contribution is -2.29. The zero-order valence-corrected chi connectivity index (χ0v) is 9.79. The Bertz CT molecular complexity index is 350. The van der Waals surface area contributed by atoms with Crippen LogP contribution in [0.3, 0.4) is 0 Å². The lowest BCUT2D eigenvalue weighted by molar-refractivity contribution is 0.252. The summed E-state index contributed by atoms with van der Waals surface area (Å²) >= 11 is 0. The lowest BCUT2D eigenvalue weighted by Gasteiger charge is -2.10. The van der Waals surface area contributed by atoms with Crippen LogP contribution in [-0.4, -0.2) is 12.6 Å². The fraction of sp³-hybridized carbons (Fsp3) is 0.417. The van der Waals surface area contributed by atoms with Gasteiger partial charge in [0.25, 0.3) is 0 Å². The van der Waals surface area contributed by atoms with E-state index in [-0.39, 0.29) is 12.1 Å². The smallest absolute Gasteiger partial charge is 0.319 e. The first-order chi connectivity index (χ1) is 7.63. The van der Waals surface area contributed by atoms with Crippen LogP contribution >= 0.6 is 0 Å². The molecule has 1 atom stereocenters. The number of carbonyl (C=O) groups is 1. The van der Waals surface area contributed by atoms with Gasteiger partial charge in [0.2, 0.25) is 0 Å². The summed E-state index contributed by atoms with van der Waals surface area (Å²) in [6.07, 6.45) is 0.924. The normalized spacial score (nSPS) is 11.9. The predicted molar refractivity (Wildman–Crippen MR) is 66.4 cm³/mol. The highest BCUT2D eigenvalue weighted by Crippen LogP contribution is 2.15. The molecule has 0 saturated carbocycles. The highest BCUT2D eigenvalue weighted by Gasteiger charge is 2.03. The fourth-order valence-corrected chi connectivity index (χ4v) is 1.31. The van der Waals surface area contributed by atoms with Crippen LogP contribution in [-0.2, 0) is 0 Å². The van der Waals surface area contributed by atoms with E-state index in [0.717, 1.165) is 17.7 Å². The molecule has 1 unspecified atom stereocenters. The summed E-state index contributed by atoms with van der Waals surface area (Å²) in [6.45, 7) is 4.60. The summed E-state index contributed by atoms with van der Waals surface area (Å²) in [5.41, 5.74) is 7.54. The first-order valence-electron chi connectivity index (χ1n) is 5.54. The molecule has 4 N–H and O–H groups in total. The molecule has 0 aliphatic heterocycles. The summed E-state index contributed by atoms with van der Waals surface area (Å²) in [5, 5.41) is 5.51. The molecule has 0 aromatic heterocycles. The van der Waals surface area contributed by atoms with Gasteiger partial charge in [-0.15, -0.1) is 0 Å². The standard InChI is InChI=1S/C12H19N3O/c1-3-7-14-12(16)15-11-6-4-5-10(8-11)9(2)13/h4-6,8-9H,3,7,13H2,1-2H3,(H2,14,15,16). The maximum absolute atomic E-state index is 11.4. The molecule has 0 bridgehead atoms. The SMILES string of the molecule is CCCNC(=O)Nc1cccc(C(C)N)c1. The second kappa shape index (κ2) is 6.12. The maximum Gasteiger partial charge on any atom is 0.319 e. The Hall–Kier alpha value is -1.55. The van der Waals surface area contributed by atoms with E-state index in [0.29, 0.717) is 6.54 Å². The number of urea groups is 1. The van der Waals surface area contributed by atoms with Gasteiger partial charge in [-0.2, -0.15) is 0 Å². The molecule has 4 heteroatoms. The number of carbonyl (C=O) groups excluding carboxylic acids is 1. The largest absolute Gasteiger partial charge is 0.338 e. The van der Waals surface area contributed by atoms with Crippen LogP contribution in [0.1, 0.15) is 31.9 Å². The minimum Gasteiger partial charge on any atom is -0.338 e. The molecule has 0 fully saturated rings. The molecular weight excluding hydrogens is 202 g/mol. The molecule has 0 spiro atoms. The van der Waals surface area contributed by atoms with E-state index in [9.17, 15) is 4.79 Å². The summed E-state index contributed by atoms with van der Waals surface area (Å²) in [5.74, 6) is 0. The van der Waals surface area contributed by atoms with Crippen molar-refractivity contribution in [1.82, 2.24) is 5.32 Å². The van der Waals surface area contributed by atoms with E-state index in [1.54, 1.807) is 0 Å². The van der Waals surface area contributed by atoms with E-state index in [1.165, 1.54) is 0 Å². The molecule has 1 rings (SSSR count). The molecular formula is C12H19N3O. The van der Waals surface area contributed by atoms with Gasteiger partial charge in [-0.05, 0) is 31.0 Å². The van der Waals surface area contributed by atoms with Crippen LogP contribution in [0.25, 0.3) is 0 Å². The summed E-state index contributed by atoms with van der Waals surface area (Å²) in [4.78, 5) is 11.4. The number of hydrogen-bond acceptors (Lipinski definition) is 2. The Morgan fingerprint density at radius 2 is 2.25 bits per heavy atom. The van der Waals surface area contributed by atoms with Gasteiger partial charge in [0.1, 0.15) is 0 Å². The second-order valence-corrected chi connectivity index (χ2v) is 3.80. The maximum atomic E-state index is 11.4. The molecule has 16 heavy (non-hydrogen) atoms. The van der Waals surface area contributed by atoms with Crippen molar-refractivity contribution in [2.24, 2.45) is 5.73 Å². The van der Waals surface area contributed by atoms with Crippen LogP contribution in [0.15, 0.2) is 24.3 Å². The van der Waals surface area contributed by atoms with Crippen molar-refractivity contribution in [3.8, 4) is 0 Å². The van der Waals surface area contributed by atoms with Crippen molar-refractivity contribution in [3.63, 3.8) is 0 Å². The number of nitrogens with one attached hydrogen (secondary N) is 2. The number of amides is 2. The zero-order valence-electron chi connectivity index (χ0n) is 9.79. The average Bonchev–Trinajstić information content (AvgIpc) is 2.26. The third-order valence-corrected chi connectivity index (χ3v) is 2.21. The first kappa shape index (κ1) is 12.5. The van der Waals surface area contributed by atoms with Gasteiger partial charge < -0.3 is 16.4 Å². The minimum atomic E-state index is -0.177. The molecule has 1 aromatic rings. The molecule has 0 aliphatic carbocycles. The average molecular weight is 221 g/mol. The monoisotopic (exact) mass is 221 g/mol. The zero-order chi connectivity index (χ0) is 12.0. The molecule has 88 valence electrons. The third-order valence-electron chi connectivity index (χ3n) is 2.21. The Balaban J connectivity index is 2.59. The molecule has 1 aromatic carbocycles. The van der Waals surface area contributed by atoms with Crippen molar-refractivity contribution in [2.45, 2.75) is 26.3 Å². The van der Waals surface area contributed by atoms with Crippen molar-refractivity contribution < 1.29 is 4.79 Å². The summed E-state index contributed by atoms with van der Waals surface area (Å²) < 4.78 is 0. The van der Waals surface area contributed by atoms with E-state index in [1.807, 2.05) is 38.1 Å². The van der Waals surface area contributed by atoms with Crippen molar-refractivity contribution in [1.29, 1.82) is 0 Å². The second-order valence-electron chi connectivity index (χ2n) is 3.80. The highest BCUT2D eigenvalue weighted by molar-refractivity contribution is 5.89. The van der Waals surface area contributed by atoms with Gasteiger partial charge >= 0.3 is 6.03 Å². The number of benzene rings is 1. The third kappa shape index (κ3) is 3.90. The van der Waals surface area contributed by atoms with Gasteiger partial charge in [-0.3, -0.25) is 0 Å². The van der Waals surface area contributed by atoms with Gasteiger partial charge in [0.05, 0.1) is 0 Å². The molecule has 0 saturated heterocycles. The van der Waals surface area contributed by atoms with Gasteiger partial charge in [0, 0.05) is 18.3 Å². The lowest BCUT2D eigenvalue weighted by atomic mass is 10.1. The number of nitrogens with two attached hydrogens (primary N) is 1. The van der Waals surface area contributed by atoms with Gasteiger partial charge in [0.15, 0.2) is 0 Å². The van der Waals surface area contributed by atoms with Crippen molar-refractivity contribution in [2.75, 3.05) is 11.9 Å². The van der Waals surface area contributed by atoms with Crippen LogP contribution in [0.2, 0.25) is 0 Å². The number of anilines is 1. The van der Waals surface area contributed by atoms with Crippen LogP contribution in [0.5, 0.6) is 0 Å². The van der Waals surface area contributed by atoms with Crippen LogP contribution in [0, 0.1) is 0 Å². The predicted octanol–water partition coefficient (Wildman–Crippen LogP) is 2.24. The number of hydrogen-bond donors (Lipinski definition) is 3. The molecule has 4 nitrogen and oxygen atoms in total. The minimum absolute atomic E-state index is 0.0274. The Morgan fingerprint density at radius 1 is 1.50 bits per heavy atom. The molecule has 2 amide bonds. The van der Waals surface area contributed by atoms with Crippen molar-refractivity contribution >= 4 is 11.7 Å². The Morgan fingerprint density at radius 3 is 2.88 bits per heavy atom. The van der Waals surface area contributed by atoms with Crippen LogP contribution < -0.4 is 16.4 Å². The Labute approximate surface area is 96.2 Å². The van der Waals surface area contributed by atoms with Gasteiger partial charge in [-0.1, -0.05) is 19.1 Å². The summed E-state index contributed by atoms with van der Waals surface area (Å²) in [7, 11) is 0. The van der Waals surface area contributed by atoms with Crippen molar-refractivity contribution in [3.05, 3.63) is 29.8 Å². The quantitative estimate of drug-likeness (QED) is 0.730. The molecule has 0 radical (unpaired) electrons. The van der Waals surface area contributed by atoms with E-state index in [2.05, 4.69) is 10.6 Å². The van der Waals surface area contributed by atoms with E-state index >= 15 is 0 Å². The molecule has 0 aliphatic rings. The highest BCUT2D eigenvalue weighted by atomic mass is 16.2. The Kier molecular flexibility index (Phi) is 4.79. The number of rotatable bonds is 4. The van der Waals surface area contributed by atoms with E-state index in [4.69, 9.17) is 5.73 Å². The van der Waals surface area contributed by atoms with Crippen LogP contribution in [0.4, 0.5) is 10.5 Å². The fourth-order valence-electron chi connectivity index (χ4n) is 1.31. The topological polar surface area (TPSA) is 67.2 Å². The first-order valence-corrected chi connectivity index (χ1v) is 5.54. The molecule has 0 heterocycles. The summed E-state index contributed by atoms with van der Waals surface area (Å²) in [6, 6.07) is 7.35. The van der Waals surface area contributed by atoms with Gasteiger partial charge in [-0.25, -0.2) is 4.79 Å².